The van der Waals surface area contributed by atoms with E-state index in [4.69, 9.17) is 4.74 Å². The van der Waals surface area contributed by atoms with Crippen LogP contribution in [0.4, 0.5) is 0 Å². The topological polar surface area (TPSA) is 70.0 Å². The van der Waals surface area contributed by atoms with E-state index in [2.05, 4.69) is 15.3 Å². The van der Waals surface area contributed by atoms with Crippen molar-refractivity contribution in [3.8, 4) is 0 Å². The summed E-state index contributed by atoms with van der Waals surface area (Å²) in [5.41, 5.74) is 0.829. The number of aliphatic hydroxyl groups is 1. The molecule has 1 aliphatic carbocycles. The fourth-order valence-corrected chi connectivity index (χ4v) is 2.18. The van der Waals surface area contributed by atoms with Gasteiger partial charge in [-0.05, 0) is 43.4 Å². The molecule has 7 heteroatoms. The predicted molar refractivity (Wildman–Crippen MR) is 107 cm³/mol. The first-order chi connectivity index (χ1) is 11.2. The van der Waals surface area contributed by atoms with E-state index in [-0.39, 0.29) is 24.0 Å². The highest BCUT2D eigenvalue weighted by atomic mass is 127. The fraction of sp³-hybridized carbons (Fsp3) is 0.647. The standard InChI is InChI=1S/C17H28N4O2.HI/c1-3-19-17(21(2)10-11-23-13-14-4-5-14)20-12-16(22)15-6-8-18-9-7-15;/h6-9,14,16,22H,3-5,10-13H2,1-2H3,(H,19,20);1H. The lowest BCUT2D eigenvalue weighted by Crippen LogP contribution is -2.40. The van der Waals surface area contributed by atoms with E-state index in [1.54, 1.807) is 12.4 Å². The normalized spacial score (nSPS) is 15.5. The zero-order valence-corrected chi connectivity index (χ0v) is 16.8. The van der Waals surface area contributed by atoms with E-state index in [1.807, 2.05) is 31.0 Å². The van der Waals surface area contributed by atoms with Crippen LogP contribution in [-0.2, 0) is 4.74 Å². The minimum Gasteiger partial charge on any atom is -0.386 e. The molecule has 1 saturated carbocycles. The van der Waals surface area contributed by atoms with Crippen LogP contribution in [0.25, 0.3) is 0 Å². The van der Waals surface area contributed by atoms with Gasteiger partial charge in [0, 0.05) is 39.1 Å². The molecule has 0 radical (unpaired) electrons. The van der Waals surface area contributed by atoms with E-state index < -0.39 is 6.10 Å². The summed E-state index contributed by atoms with van der Waals surface area (Å²) in [5.74, 6) is 1.58. The Kier molecular flexibility index (Phi) is 10.2. The number of aromatic nitrogens is 1. The van der Waals surface area contributed by atoms with Crippen molar-refractivity contribution in [2.24, 2.45) is 10.9 Å². The molecule has 1 heterocycles. The third kappa shape index (κ3) is 7.76. The number of aliphatic hydroxyl groups excluding tert-OH is 1. The van der Waals surface area contributed by atoms with Crippen LogP contribution in [-0.4, -0.2) is 60.8 Å². The van der Waals surface area contributed by atoms with Crippen molar-refractivity contribution in [3.05, 3.63) is 30.1 Å². The number of pyridine rings is 1. The second-order valence-corrected chi connectivity index (χ2v) is 5.93. The van der Waals surface area contributed by atoms with Crippen molar-refractivity contribution in [2.75, 3.05) is 39.9 Å². The molecule has 1 fully saturated rings. The van der Waals surface area contributed by atoms with Gasteiger partial charge in [0.25, 0.3) is 0 Å². The summed E-state index contributed by atoms with van der Waals surface area (Å²) < 4.78 is 5.67. The van der Waals surface area contributed by atoms with E-state index in [9.17, 15) is 5.11 Å². The molecule has 2 N–H and O–H groups in total. The number of likely N-dealkylation sites (N-methyl/N-ethyl adjacent to an activating group) is 1. The van der Waals surface area contributed by atoms with Gasteiger partial charge >= 0.3 is 0 Å². The molecular weight excluding hydrogens is 419 g/mol. The molecule has 1 aromatic heterocycles. The Balaban J connectivity index is 0.00000288. The van der Waals surface area contributed by atoms with Crippen molar-refractivity contribution in [2.45, 2.75) is 25.9 Å². The zero-order valence-electron chi connectivity index (χ0n) is 14.5. The number of hydrogen-bond donors (Lipinski definition) is 2. The average molecular weight is 448 g/mol. The summed E-state index contributed by atoms with van der Waals surface area (Å²) in [6.45, 7) is 5.50. The van der Waals surface area contributed by atoms with Gasteiger partial charge < -0.3 is 20.1 Å². The summed E-state index contributed by atoms with van der Waals surface area (Å²) in [5, 5.41) is 13.4. The van der Waals surface area contributed by atoms with Crippen molar-refractivity contribution >= 4 is 29.9 Å². The van der Waals surface area contributed by atoms with Crippen LogP contribution in [0.15, 0.2) is 29.5 Å². The van der Waals surface area contributed by atoms with E-state index >= 15 is 0 Å². The summed E-state index contributed by atoms with van der Waals surface area (Å²) in [4.78, 5) is 10.5. The minimum absolute atomic E-state index is 0. The molecule has 1 atom stereocenters. The van der Waals surface area contributed by atoms with Crippen LogP contribution in [0.2, 0.25) is 0 Å². The third-order valence-corrected chi connectivity index (χ3v) is 3.82. The first-order valence-corrected chi connectivity index (χ1v) is 8.36. The monoisotopic (exact) mass is 448 g/mol. The maximum atomic E-state index is 10.2. The molecule has 0 saturated heterocycles. The number of nitrogens with zero attached hydrogens (tertiary/aromatic N) is 3. The fourth-order valence-electron chi connectivity index (χ4n) is 2.18. The number of hydrogen-bond acceptors (Lipinski definition) is 4. The molecule has 1 aliphatic rings. The van der Waals surface area contributed by atoms with E-state index in [0.717, 1.165) is 37.1 Å². The Hall–Kier alpha value is -0.930. The van der Waals surface area contributed by atoms with Gasteiger partial charge in [-0.15, -0.1) is 24.0 Å². The first kappa shape index (κ1) is 21.1. The van der Waals surface area contributed by atoms with Crippen molar-refractivity contribution in [1.29, 1.82) is 0 Å². The van der Waals surface area contributed by atoms with Crippen LogP contribution in [0, 0.1) is 5.92 Å². The lowest BCUT2D eigenvalue weighted by atomic mass is 10.1. The summed E-state index contributed by atoms with van der Waals surface area (Å²) in [6, 6.07) is 3.62. The molecule has 6 nitrogen and oxygen atoms in total. The maximum Gasteiger partial charge on any atom is 0.193 e. The Labute approximate surface area is 161 Å². The lowest BCUT2D eigenvalue weighted by Gasteiger charge is -2.22. The van der Waals surface area contributed by atoms with Crippen LogP contribution < -0.4 is 5.32 Å². The Morgan fingerprint density at radius 1 is 1.46 bits per heavy atom. The van der Waals surface area contributed by atoms with Gasteiger partial charge in [0.1, 0.15) is 0 Å². The van der Waals surface area contributed by atoms with Crippen LogP contribution in [0.3, 0.4) is 0 Å². The highest BCUT2D eigenvalue weighted by Crippen LogP contribution is 2.28. The van der Waals surface area contributed by atoms with Crippen LogP contribution >= 0.6 is 24.0 Å². The molecule has 0 aliphatic heterocycles. The third-order valence-electron chi connectivity index (χ3n) is 3.82. The van der Waals surface area contributed by atoms with Gasteiger partial charge in [0.15, 0.2) is 5.96 Å². The van der Waals surface area contributed by atoms with Gasteiger partial charge in [0.2, 0.25) is 0 Å². The van der Waals surface area contributed by atoms with Gasteiger partial charge in [-0.3, -0.25) is 9.98 Å². The van der Waals surface area contributed by atoms with Crippen LogP contribution in [0.1, 0.15) is 31.4 Å². The zero-order chi connectivity index (χ0) is 16.5. The first-order valence-electron chi connectivity index (χ1n) is 8.36. The summed E-state index contributed by atoms with van der Waals surface area (Å²) >= 11 is 0. The number of halogens is 1. The minimum atomic E-state index is -0.619. The average Bonchev–Trinajstić information content (AvgIpc) is 3.40. The Morgan fingerprint density at radius 3 is 2.79 bits per heavy atom. The predicted octanol–water partition coefficient (Wildman–Crippen LogP) is 2.06. The quantitative estimate of drug-likeness (QED) is 0.262. The second kappa shape index (κ2) is 11.6. The van der Waals surface area contributed by atoms with Gasteiger partial charge in [0.05, 0.1) is 19.3 Å². The smallest absolute Gasteiger partial charge is 0.193 e. The highest BCUT2D eigenvalue weighted by molar-refractivity contribution is 14.0. The highest BCUT2D eigenvalue weighted by Gasteiger charge is 2.21. The molecular formula is C17H29IN4O2. The molecule has 24 heavy (non-hydrogen) atoms. The van der Waals surface area contributed by atoms with Crippen LogP contribution in [0.5, 0.6) is 0 Å². The van der Waals surface area contributed by atoms with Crippen molar-refractivity contribution in [3.63, 3.8) is 0 Å². The number of ether oxygens (including phenoxy) is 1. The van der Waals surface area contributed by atoms with E-state index in [0.29, 0.717) is 13.2 Å². The lowest BCUT2D eigenvalue weighted by molar-refractivity contribution is 0.115. The molecule has 1 aromatic rings. The molecule has 0 amide bonds. The van der Waals surface area contributed by atoms with Gasteiger partial charge in [-0.2, -0.15) is 0 Å². The molecule has 0 spiro atoms. The van der Waals surface area contributed by atoms with E-state index in [1.165, 1.54) is 12.8 Å². The second-order valence-electron chi connectivity index (χ2n) is 5.93. The largest absolute Gasteiger partial charge is 0.386 e. The molecule has 2 rings (SSSR count). The molecule has 1 unspecified atom stereocenters. The molecule has 0 bridgehead atoms. The molecule has 0 aromatic carbocycles. The molecule has 136 valence electrons. The maximum absolute atomic E-state index is 10.2. The summed E-state index contributed by atoms with van der Waals surface area (Å²) in [7, 11) is 1.99. The summed E-state index contributed by atoms with van der Waals surface area (Å²) in [6.07, 6.45) is 5.36. The Bertz CT molecular complexity index is 483. The van der Waals surface area contributed by atoms with Crippen molar-refractivity contribution < 1.29 is 9.84 Å². The Morgan fingerprint density at radius 2 is 2.17 bits per heavy atom. The number of rotatable bonds is 9. The van der Waals surface area contributed by atoms with Gasteiger partial charge in [-0.1, -0.05) is 0 Å². The van der Waals surface area contributed by atoms with Gasteiger partial charge in [-0.25, -0.2) is 0 Å². The number of guanidine groups is 1. The SMILES string of the molecule is CCNC(=NCC(O)c1ccncc1)N(C)CCOCC1CC1.I. The number of aliphatic imine (C=N–C) groups is 1. The number of nitrogens with one attached hydrogen (secondary N) is 1. The van der Waals surface area contributed by atoms with Crippen molar-refractivity contribution in [1.82, 2.24) is 15.2 Å².